The molecule has 1 N–H and O–H groups in total. The summed E-state index contributed by atoms with van der Waals surface area (Å²) in [6, 6.07) is 1.92. The van der Waals surface area contributed by atoms with Crippen molar-refractivity contribution >= 4 is 11.8 Å². The van der Waals surface area contributed by atoms with E-state index in [0.717, 1.165) is 62.4 Å². The first-order valence-electron chi connectivity index (χ1n) is 10.2. The molecule has 0 amide bonds. The number of rotatable bonds is 6. The topological polar surface area (TPSA) is 75.0 Å². The fourth-order valence-electron chi connectivity index (χ4n) is 4.16. The Labute approximate surface area is 161 Å². The van der Waals surface area contributed by atoms with E-state index < -0.39 is 0 Å². The van der Waals surface area contributed by atoms with Gasteiger partial charge in [0.15, 0.2) is 0 Å². The number of nitrogens with zero attached hydrogens (tertiary/aromatic N) is 7. The first-order valence-corrected chi connectivity index (χ1v) is 10.2. The molecule has 0 spiro atoms. The van der Waals surface area contributed by atoms with Gasteiger partial charge in [-0.2, -0.15) is 4.98 Å². The number of hydrogen-bond donors (Lipinski definition) is 1. The largest absolute Gasteiger partial charge is 0.370 e. The molecule has 27 heavy (non-hydrogen) atoms. The number of aromatic nitrogens is 5. The van der Waals surface area contributed by atoms with Crippen molar-refractivity contribution in [2.24, 2.45) is 7.05 Å². The smallest absolute Gasteiger partial charge is 0.227 e. The molecule has 1 unspecified atom stereocenters. The molecule has 8 nitrogen and oxygen atoms in total. The van der Waals surface area contributed by atoms with Crippen molar-refractivity contribution in [3.8, 4) is 0 Å². The van der Waals surface area contributed by atoms with Gasteiger partial charge in [0.1, 0.15) is 17.5 Å². The predicted octanol–water partition coefficient (Wildman–Crippen LogP) is 2.02. The zero-order chi connectivity index (χ0) is 18.6. The Hall–Kier alpha value is -2.22. The van der Waals surface area contributed by atoms with Gasteiger partial charge in [-0.15, -0.1) is 10.2 Å². The zero-order valence-corrected chi connectivity index (χ0v) is 16.4. The molecule has 4 rings (SSSR count). The van der Waals surface area contributed by atoms with Crippen LogP contribution in [-0.2, 0) is 13.6 Å². The molecule has 146 valence electrons. The molecule has 2 aromatic heterocycles. The van der Waals surface area contributed by atoms with Crippen molar-refractivity contribution in [3.63, 3.8) is 0 Å². The summed E-state index contributed by atoms with van der Waals surface area (Å²) >= 11 is 0. The van der Waals surface area contributed by atoms with Gasteiger partial charge < -0.3 is 14.8 Å². The summed E-state index contributed by atoms with van der Waals surface area (Å²) in [5.41, 5.74) is 0. The molecular formula is C19H30N8. The molecule has 0 aliphatic carbocycles. The molecule has 0 radical (unpaired) electrons. The maximum absolute atomic E-state index is 4.66. The summed E-state index contributed by atoms with van der Waals surface area (Å²) in [6.45, 7) is 8.09. The van der Waals surface area contributed by atoms with Crippen molar-refractivity contribution in [2.45, 2.75) is 45.1 Å². The van der Waals surface area contributed by atoms with Crippen LogP contribution in [0.1, 0.15) is 50.2 Å². The van der Waals surface area contributed by atoms with Gasteiger partial charge in [0.05, 0.1) is 6.54 Å². The number of anilines is 2. The van der Waals surface area contributed by atoms with Crippen molar-refractivity contribution in [1.29, 1.82) is 0 Å². The minimum Gasteiger partial charge on any atom is -0.370 e. The average molecular weight is 371 g/mol. The van der Waals surface area contributed by atoms with E-state index in [1.165, 1.54) is 25.9 Å². The van der Waals surface area contributed by atoms with E-state index in [-0.39, 0.29) is 0 Å². The third kappa shape index (κ3) is 4.05. The number of nitrogens with one attached hydrogen (secondary N) is 1. The van der Waals surface area contributed by atoms with Gasteiger partial charge in [-0.05, 0) is 51.8 Å². The van der Waals surface area contributed by atoms with Gasteiger partial charge in [0.25, 0.3) is 0 Å². The Morgan fingerprint density at radius 1 is 1.15 bits per heavy atom. The minimum atomic E-state index is 0.370. The molecule has 2 aliphatic rings. The van der Waals surface area contributed by atoms with Crippen molar-refractivity contribution in [1.82, 2.24) is 29.6 Å². The second-order valence-electron chi connectivity index (χ2n) is 7.57. The standard InChI is InChI=1S/C19H30N8/c1-3-20-16-8-9-21-19(22-16)27-12-6-7-15(13-27)18-24-23-17(25(18)2)14-26-10-4-5-11-26/h8-9,15H,3-7,10-14H2,1-2H3,(H,20,21,22). The Bertz CT molecular complexity index is 752. The van der Waals surface area contributed by atoms with Crippen LogP contribution in [0.2, 0.25) is 0 Å². The third-order valence-electron chi connectivity index (χ3n) is 5.63. The highest BCUT2D eigenvalue weighted by Gasteiger charge is 2.28. The first-order chi connectivity index (χ1) is 13.2. The van der Waals surface area contributed by atoms with Crippen LogP contribution < -0.4 is 10.2 Å². The molecule has 2 aliphatic heterocycles. The summed E-state index contributed by atoms with van der Waals surface area (Å²) < 4.78 is 2.21. The molecule has 2 aromatic rings. The summed E-state index contributed by atoms with van der Waals surface area (Å²) in [4.78, 5) is 13.9. The SMILES string of the molecule is CCNc1ccnc(N2CCCC(c3nnc(CN4CCCC4)n3C)C2)n1. The molecule has 2 fully saturated rings. The second-order valence-corrected chi connectivity index (χ2v) is 7.57. The minimum absolute atomic E-state index is 0.370. The van der Waals surface area contributed by atoms with Crippen LogP contribution in [-0.4, -0.2) is 62.4 Å². The third-order valence-corrected chi connectivity index (χ3v) is 5.63. The molecule has 0 saturated carbocycles. The van der Waals surface area contributed by atoms with Crippen LogP contribution in [0.15, 0.2) is 12.3 Å². The highest BCUT2D eigenvalue weighted by atomic mass is 15.3. The van der Waals surface area contributed by atoms with Crippen LogP contribution in [0, 0.1) is 0 Å². The fraction of sp³-hybridized carbons (Fsp3) is 0.684. The van der Waals surface area contributed by atoms with Crippen LogP contribution in [0.5, 0.6) is 0 Å². The Morgan fingerprint density at radius 3 is 2.81 bits per heavy atom. The molecule has 0 aromatic carbocycles. The van der Waals surface area contributed by atoms with Crippen LogP contribution in [0.3, 0.4) is 0 Å². The van der Waals surface area contributed by atoms with E-state index >= 15 is 0 Å². The van der Waals surface area contributed by atoms with Crippen LogP contribution >= 0.6 is 0 Å². The number of piperidine rings is 1. The van der Waals surface area contributed by atoms with Crippen LogP contribution in [0.4, 0.5) is 11.8 Å². The highest BCUT2D eigenvalue weighted by Crippen LogP contribution is 2.28. The van der Waals surface area contributed by atoms with Gasteiger partial charge in [0.2, 0.25) is 5.95 Å². The maximum atomic E-state index is 4.66. The van der Waals surface area contributed by atoms with E-state index in [9.17, 15) is 0 Å². The molecule has 8 heteroatoms. The van der Waals surface area contributed by atoms with Gasteiger partial charge in [-0.1, -0.05) is 0 Å². The molecule has 1 atom stereocenters. The Kier molecular flexibility index (Phi) is 5.52. The van der Waals surface area contributed by atoms with Gasteiger partial charge in [-0.25, -0.2) is 4.98 Å². The highest BCUT2D eigenvalue weighted by molar-refractivity contribution is 5.41. The average Bonchev–Trinajstić information content (AvgIpc) is 3.33. The monoisotopic (exact) mass is 370 g/mol. The summed E-state index contributed by atoms with van der Waals surface area (Å²) in [7, 11) is 2.11. The normalized spacial score (nSPS) is 21.0. The number of likely N-dealkylation sites (tertiary alicyclic amines) is 1. The molecule has 2 saturated heterocycles. The van der Waals surface area contributed by atoms with E-state index in [4.69, 9.17) is 0 Å². The van der Waals surface area contributed by atoms with Crippen molar-refractivity contribution in [2.75, 3.05) is 42.9 Å². The van der Waals surface area contributed by atoms with Gasteiger partial charge in [0, 0.05) is 38.8 Å². The lowest BCUT2D eigenvalue weighted by Crippen LogP contribution is -2.36. The fourth-order valence-corrected chi connectivity index (χ4v) is 4.16. The Balaban J connectivity index is 1.46. The molecule has 0 bridgehead atoms. The van der Waals surface area contributed by atoms with Gasteiger partial charge in [-0.3, -0.25) is 4.90 Å². The number of hydrogen-bond acceptors (Lipinski definition) is 7. The predicted molar refractivity (Wildman–Crippen MR) is 106 cm³/mol. The van der Waals surface area contributed by atoms with Crippen molar-refractivity contribution in [3.05, 3.63) is 23.9 Å². The van der Waals surface area contributed by atoms with E-state index in [2.05, 4.69) is 53.8 Å². The van der Waals surface area contributed by atoms with Crippen molar-refractivity contribution < 1.29 is 0 Å². The second kappa shape index (κ2) is 8.21. The summed E-state index contributed by atoms with van der Waals surface area (Å²) in [6.07, 6.45) is 6.69. The zero-order valence-electron chi connectivity index (χ0n) is 16.4. The lowest BCUT2D eigenvalue weighted by atomic mass is 9.97. The molecule has 4 heterocycles. The summed E-state index contributed by atoms with van der Waals surface area (Å²) in [5, 5.41) is 12.3. The van der Waals surface area contributed by atoms with E-state index in [1.807, 2.05) is 12.3 Å². The maximum Gasteiger partial charge on any atom is 0.227 e. The quantitative estimate of drug-likeness (QED) is 0.834. The van der Waals surface area contributed by atoms with E-state index in [0.29, 0.717) is 5.92 Å². The Morgan fingerprint density at radius 2 is 2.00 bits per heavy atom. The summed E-state index contributed by atoms with van der Waals surface area (Å²) in [5.74, 6) is 4.23. The lowest BCUT2D eigenvalue weighted by molar-refractivity contribution is 0.317. The molecular weight excluding hydrogens is 340 g/mol. The lowest BCUT2D eigenvalue weighted by Gasteiger charge is -2.32. The van der Waals surface area contributed by atoms with Gasteiger partial charge >= 0.3 is 0 Å². The van der Waals surface area contributed by atoms with E-state index in [1.54, 1.807) is 0 Å². The first kappa shape index (κ1) is 18.2. The van der Waals surface area contributed by atoms with Crippen LogP contribution in [0.25, 0.3) is 0 Å².